The van der Waals surface area contributed by atoms with Gasteiger partial charge in [-0.25, -0.2) is 9.59 Å². The number of hydrogen-bond acceptors (Lipinski definition) is 6. The van der Waals surface area contributed by atoms with E-state index in [1.807, 2.05) is 0 Å². The number of carboxylic acids is 1. The third-order valence-electron chi connectivity index (χ3n) is 6.80. The molecule has 2 bridgehead atoms. The van der Waals surface area contributed by atoms with E-state index in [1.54, 1.807) is 4.90 Å². The normalized spacial score (nSPS) is 23.5. The standard InChI is InChI=1S/C23H29N5O4/c1-16-2-3-17(21(12-16)28-18-4-5-19(28)15-32-14-18)13-25-8-10-26(11-9-25)23(31)27-7-6-20(24-27)22(29)30/h2-3,6-7,12,18-19H,4-5,8-11,13-15H2,1H3,(H,29,30). The minimum absolute atomic E-state index is 0.124. The Balaban J connectivity index is 1.25. The smallest absolute Gasteiger partial charge is 0.356 e. The molecule has 0 saturated carbocycles. The van der Waals surface area contributed by atoms with Crippen molar-refractivity contribution in [3.8, 4) is 0 Å². The second-order valence-electron chi connectivity index (χ2n) is 8.96. The monoisotopic (exact) mass is 439 g/mol. The van der Waals surface area contributed by atoms with Crippen LogP contribution >= 0.6 is 0 Å². The Hall–Kier alpha value is -2.91. The molecule has 3 saturated heterocycles. The molecule has 32 heavy (non-hydrogen) atoms. The SMILES string of the molecule is Cc1ccc(CN2CCN(C(=O)n3ccc(C(=O)O)n3)CC2)c(N2C3CCC2COC3)c1. The number of amides is 1. The summed E-state index contributed by atoms with van der Waals surface area (Å²) in [6.45, 7) is 7.31. The van der Waals surface area contributed by atoms with Crippen molar-refractivity contribution in [2.45, 2.75) is 38.4 Å². The molecule has 9 heteroatoms. The molecule has 2 atom stereocenters. The number of aromatic carboxylic acids is 1. The van der Waals surface area contributed by atoms with Gasteiger partial charge in [-0.15, -0.1) is 0 Å². The number of aryl methyl sites for hydroxylation is 1. The third-order valence-corrected chi connectivity index (χ3v) is 6.80. The van der Waals surface area contributed by atoms with Crippen molar-refractivity contribution in [3.63, 3.8) is 0 Å². The summed E-state index contributed by atoms with van der Waals surface area (Å²) >= 11 is 0. The van der Waals surface area contributed by atoms with Gasteiger partial charge in [-0.3, -0.25) is 4.90 Å². The van der Waals surface area contributed by atoms with Gasteiger partial charge in [-0.05, 0) is 43.0 Å². The van der Waals surface area contributed by atoms with Crippen LogP contribution < -0.4 is 4.90 Å². The van der Waals surface area contributed by atoms with Crippen LogP contribution in [0.4, 0.5) is 10.5 Å². The van der Waals surface area contributed by atoms with Crippen molar-refractivity contribution in [1.82, 2.24) is 19.6 Å². The van der Waals surface area contributed by atoms with Crippen LogP contribution in [0.15, 0.2) is 30.5 Å². The molecule has 3 aliphatic rings. The van der Waals surface area contributed by atoms with Gasteiger partial charge in [0, 0.05) is 44.6 Å². The maximum atomic E-state index is 12.7. The fourth-order valence-electron chi connectivity index (χ4n) is 5.10. The highest BCUT2D eigenvalue weighted by Gasteiger charge is 2.38. The number of morpholine rings is 1. The first-order chi connectivity index (χ1) is 15.5. The lowest BCUT2D eigenvalue weighted by molar-refractivity contribution is 0.0689. The van der Waals surface area contributed by atoms with Crippen LogP contribution in [0.5, 0.6) is 0 Å². The number of fused-ring (bicyclic) bond motifs is 2. The molecule has 2 unspecified atom stereocenters. The number of nitrogens with zero attached hydrogens (tertiary/aromatic N) is 5. The first-order valence-corrected chi connectivity index (χ1v) is 11.3. The first-order valence-electron chi connectivity index (χ1n) is 11.3. The molecule has 1 aromatic heterocycles. The fraction of sp³-hybridized carbons (Fsp3) is 0.522. The van der Waals surface area contributed by atoms with E-state index in [4.69, 9.17) is 9.84 Å². The van der Waals surface area contributed by atoms with Gasteiger partial charge in [0.1, 0.15) is 0 Å². The zero-order valence-electron chi connectivity index (χ0n) is 18.3. The Kier molecular flexibility index (Phi) is 5.60. The highest BCUT2D eigenvalue weighted by molar-refractivity contribution is 5.86. The summed E-state index contributed by atoms with van der Waals surface area (Å²) in [6.07, 6.45) is 3.79. The van der Waals surface area contributed by atoms with Gasteiger partial charge in [-0.1, -0.05) is 12.1 Å². The zero-order valence-corrected chi connectivity index (χ0v) is 18.3. The number of carbonyl (C=O) groups is 2. The van der Waals surface area contributed by atoms with Crippen molar-refractivity contribution in [1.29, 1.82) is 0 Å². The number of piperazine rings is 1. The van der Waals surface area contributed by atoms with Gasteiger partial charge < -0.3 is 19.6 Å². The molecule has 0 radical (unpaired) electrons. The van der Waals surface area contributed by atoms with Gasteiger partial charge in [0.2, 0.25) is 0 Å². The van der Waals surface area contributed by atoms with E-state index in [1.165, 1.54) is 41.9 Å². The van der Waals surface area contributed by atoms with E-state index >= 15 is 0 Å². The molecule has 3 aliphatic heterocycles. The Labute approximate surface area is 187 Å². The third kappa shape index (κ3) is 3.98. The molecule has 1 aromatic carbocycles. The number of anilines is 1. The van der Waals surface area contributed by atoms with Crippen molar-refractivity contribution in [2.24, 2.45) is 0 Å². The highest BCUT2D eigenvalue weighted by atomic mass is 16.5. The molecule has 9 nitrogen and oxygen atoms in total. The van der Waals surface area contributed by atoms with E-state index < -0.39 is 5.97 Å². The van der Waals surface area contributed by atoms with E-state index in [0.29, 0.717) is 25.2 Å². The highest BCUT2D eigenvalue weighted by Crippen LogP contribution is 2.37. The predicted molar refractivity (Wildman–Crippen MR) is 118 cm³/mol. The van der Waals surface area contributed by atoms with Crippen molar-refractivity contribution < 1.29 is 19.4 Å². The largest absolute Gasteiger partial charge is 0.476 e. The second-order valence-corrected chi connectivity index (χ2v) is 8.96. The van der Waals surface area contributed by atoms with Gasteiger partial charge in [-0.2, -0.15) is 9.78 Å². The van der Waals surface area contributed by atoms with Crippen LogP contribution in [0.2, 0.25) is 0 Å². The molecule has 0 spiro atoms. The Morgan fingerprint density at radius 3 is 2.47 bits per heavy atom. The number of benzene rings is 1. The second kappa shape index (κ2) is 8.55. The lowest BCUT2D eigenvalue weighted by Crippen LogP contribution is -2.50. The minimum Gasteiger partial charge on any atom is -0.476 e. The fourth-order valence-corrected chi connectivity index (χ4v) is 5.10. The zero-order chi connectivity index (χ0) is 22.2. The van der Waals surface area contributed by atoms with E-state index in [0.717, 1.165) is 37.5 Å². The summed E-state index contributed by atoms with van der Waals surface area (Å²) in [5.41, 5.74) is 3.80. The Morgan fingerprint density at radius 1 is 1.09 bits per heavy atom. The maximum Gasteiger partial charge on any atom is 0.356 e. The van der Waals surface area contributed by atoms with Gasteiger partial charge >= 0.3 is 12.0 Å². The quantitative estimate of drug-likeness (QED) is 0.780. The van der Waals surface area contributed by atoms with Crippen LogP contribution in [0.1, 0.15) is 34.5 Å². The molecule has 4 heterocycles. The molecule has 170 valence electrons. The topological polar surface area (TPSA) is 91.1 Å². The van der Waals surface area contributed by atoms with Gasteiger partial charge in [0.05, 0.1) is 25.3 Å². The van der Waals surface area contributed by atoms with E-state index in [9.17, 15) is 9.59 Å². The number of carbonyl (C=O) groups excluding carboxylic acids is 1. The number of carboxylic acid groups (broad SMARTS) is 1. The number of rotatable bonds is 4. The van der Waals surface area contributed by atoms with Gasteiger partial charge in [0.15, 0.2) is 5.69 Å². The molecule has 5 rings (SSSR count). The van der Waals surface area contributed by atoms with Crippen molar-refractivity contribution >= 4 is 17.7 Å². The average Bonchev–Trinajstić information content (AvgIpc) is 3.38. The van der Waals surface area contributed by atoms with Crippen molar-refractivity contribution in [2.75, 3.05) is 44.3 Å². The van der Waals surface area contributed by atoms with E-state index in [2.05, 4.69) is 40.0 Å². The minimum atomic E-state index is -1.14. The summed E-state index contributed by atoms with van der Waals surface area (Å²) in [4.78, 5) is 30.4. The summed E-state index contributed by atoms with van der Waals surface area (Å²) in [5.74, 6) is -1.14. The average molecular weight is 440 g/mol. The van der Waals surface area contributed by atoms with Crippen LogP contribution in [0.3, 0.4) is 0 Å². The molecule has 1 N–H and O–H groups in total. The summed E-state index contributed by atoms with van der Waals surface area (Å²) < 4.78 is 6.90. The van der Waals surface area contributed by atoms with Crippen LogP contribution in [-0.4, -0.2) is 88.2 Å². The van der Waals surface area contributed by atoms with Crippen molar-refractivity contribution in [3.05, 3.63) is 47.3 Å². The lowest BCUT2D eigenvalue weighted by Gasteiger charge is -2.39. The van der Waals surface area contributed by atoms with Crippen LogP contribution in [0.25, 0.3) is 0 Å². The van der Waals surface area contributed by atoms with Gasteiger partial charge in [0.25, 0.3) is 0 Å². The molecular formula is C23H29N5O4. The summed E-state index contributed by atoms with van der Waals surface area (Å²) in [5, 5.41) is 12.9. The molecule has 1 amide bonds. The maximum absolute atomic E-state index is 12.7. The van der Waals surface area contributed by atoms with Crippen LogP contribution in [-0.2, 0) is 11.3 Å². The molecule has 2 aromatic rings. The lowest BCUT2D eigenvalue weighted by atomic mass is 10.1. The number of aromatic nitrogens is 2. The van der Waals surface area contributed by atoms with E-state index in [-0.39, 0.29) is 11.7 Å². The summed E-state index contributed by atoms with van der Waals surface area (Å²) in [7, 11) is 0. The molecular weight excluding hydrogens is 410 g/mol. The number of hydrogen-bond donors (Lipinski definition) is 1. The van der Waals surface area contributed by atoms with Crippen LogP contribution in [0, 0.1) is 6.92 Å². The Bertz CT molecular complexity index is 998. The number of ether oxygens (including phenoxy) is 1. The summed E-state index contributed by atoms with van der Waals surface area (Å²) in [6, 6.07) is 8.73. The Morgan fingerprint density at radius 2 is 1.81 bits per heavy atom. The first kappa shape index (κ1) is 21.0. The molecule has 3 fully saturated rings. The predicted octanol–water partition coefficient (Wildman–Crippen LogP) is 2.04. The molecule has 0 aliphatic carbocycles.